The number of benzene rings is 1. The highest BCUT2D eigenvalue weighted by atomic mass is 35.5. The average molecular weight is 304 g/mol. The Morgan fingerprint density at radius 1 is 1.37 bits per heavy atom. The minimum atomic E-state index is -0.937. The van der Waals surface area contributed by atoms with Crippen LogP contribution in [-0.4, -0.2) is 19.6 Å². The molecule has 106 valence electrons. The molecule has 0 heterocycles. The van der Waals surface area contributed by atoms with Crippen molar-refractivity contribution < 1.29 is 9.53 Å². The number of esters is 1. The Morgan fingerprint density at radius 2 is 2.00 bits per heavy atom. The Morgan fingerprint density at radius 3 is 2.47 bits per heavy atom. The third-order valence-corrected chi connectivity index (χ3v) is 3.69. The van der Waals surface area contributed by atoms with Crippen molar-refractivity contribution in [2.45, 2.75) is 26.3 Å². The maximum Gasteiger partial charge on any atom is 0.330 e. The average Bonchev–Trinajstić information content (AvgIpc) is 2.38. The summed E-state index contributed by atoms with van der Waals surface area (Å²) < 4.78 is 4.89. The van der Waals surface area contributed by atoms with Gasteiger partial charge in [-0.15, -0.1) is 0 Å². The van der Waals surface area contributed by atoms with Crippen LogP contribution in [0.15, 0.2) is 18.2 Å². The van der Waals surface area contributed by atoms with Gasteiger partial charge in [-0.25, -0.2) is 4.79 Å². The van der Waals surface area contributed by atoms with Crippen molar-refractivity contribution in [1.29, 1.82) is 0 Å². The molecule has 0 aliphatic carbocycles. The molecule has 0 saturated carbocycles. The lowest BCUT2D eigenvalue weighted by Gasteiger charge is -2.29. The number of carbonyl (C=O) groups excluding carboxylic acids is 1. The second-order valence-corrected chi connectivity index (χ2v) is 5.83. The lowest BCUT2D eigenvalue weighted by molar-refractivity contribution is -0.148. The van der Waals surface area contributed by atoms with Gasteiger partial charge in [0, 0.05) is 0 Å². The van der Waals surface area contributed by atoms with Gasteiger partial charge in [-0.2, -0.15) is 0 Å². The van der Waals surface area contributed by atoms with Crippen LogP contribution in [0.4, 0.5) is 0 Å². The second kappa shape index (κ2) is 6.60. The molecule has 0 aliphatic heterocycles. The quantitative estimate of drug-likeness (QED) is 0.844. The Bertz CT molecular complexity index is 463. The van der Waals surface area contributed by atoms with Crippen molar-refractivity contribution in [3.05, 3.63) is 33.8 Å². The number of carbonyl (C=O) groups is 1. The molecular weight excluding hydrogens is 285 g/mol. The lowest BCUT2D eigenvalue weighted by Crippen LogP contribution is -2.48. The minimum Gasteiger partial charge on any atom is -0.467 e. The van der Waals surface area contributed by atoms with Crippen molar-refractivity contribution >= 4 is 29.2 Å². The third kappa shape index (κ3) is 3.85. The van der Waals surface area contributed by atoms with Crippen LogP contribution in [0.2, 0.25) is 10.0 Å². The Hall–Kier alpha value is -0.770. The van der Waals surface area contributed by atoms with Gasteiger partial charge in [-0.1, -0.05) is 43.1 Å². The maximum atomic E-state index is 12.1. The SMILES string of the molecule is COC(=O)C(C)(NCC(C)C)c1ccc(Cl)c(Cl)c1. The molecule has 0 aromatic heterocycles. The van der Waals surface area contributed by atoms with Crippen LogP contribution in [0, 0.1) is 5.92 Å². The highest BCUT2D eigenvalue weighted by Gasteiger charge is 2.36. The number of methoxy groups -OCH3 is 1. The van der Waals surface area contributed by atoms with Crippen LogP contribution in [0.5, 0.6) is 0 Å². The molecule has 5 heteroatoms. The standard InChI is InChI=1S/C14H19Cl2NO2/c1-9(2)8-17-14(3,13(18)19-4)10-5-6-11(15)12(16)7-10/h5-7,9,17H,8H2,1-4H3. The summed E-state index contributed by atoms with van der Waals surface area (Å²) in [6, 6.07) is 5.14. The first-order valence-corrected chi connectivity index (χ1v) is 6.85. The largest absolute Gasteiger partial charge is 0.467 e. The van der Waals surface area contributed by atoms with Gasteiger partial charge < -0.3 is 4.74 Å². The van der Waals surface area contributed by atoms with Gasteiger partial charge in [0.25, 0.3) is 0 Å². The summed E-state index contributed by atoms with van der Waals surface area (Å²) in [5.74, 6) is 0.0540. The van der Waals surface area contributed by atoms with E-state index in [0.717, 1.165) is 5.56 Å². The lowest BCUT2D eigenvalue weighted by atomic mass is 9.91. The summed E-state index contributed by atoms with van der Waals surface area (Å²) in [7, 11) is 1.37. The molecule has 0 radical (unpaired) electrons. The van der Waals surface area contributed by atoms with E-state index in [9.17, 15) is 4.79 Å². The van der Waals surface area contributed by atoms with E-state index in [-0.39, 0.29) is 5.97 Å². The van der Waals surface area contributed by atoms with Gasteiger partial charge >= 0.3 is 5.97 Å². The first-order chi connectivity index (χ1) is 8.81. The number of hydrogen-bond donors (Lipinski definition) is 1. The van der Waals surface area contributed by atoms with Crippen LogP contribution in [0.1, 0.15) is 26.3 Å². The highest BCUT2D eigenvalue weighted by molar-refractivity contribution is 6.42. The van der Waals surface area contributed by atoms with Crippen LogP contribution in [0.3, 0.4) is 0 Å². The fourth-order valence-electron chi connectivity index (χ4n) is 1.71. The molecular formula is C14H19Cl2NO2. The van der Waals surface area contributed by atoms with Crippen LogP contribution in [0.25, 0.3) is 0 Å². The maximum absolute atomic E-state index is 12.1. The normalized spacial score (nSPS) is 14.3. The van der Waals surface area contributed by atoms with Crippen LogP contribution < -0.4 is 5.32 Å². The zero-order valence-corrected chi connectivity index (χ0v) is 13.1. The molecule has 1 rings (SSSR count). The summed E-state index contributed by atoms with van der Waals surface area (Å²) in [6.07, 6.45) is 0. The van der Waals surface area contributed by atoms with Crippen LogP contribution in [-0.2, 0) is 15.1 Å². The van der Waals surface area contributed by atoms with E-state index in [1.54, 1.807) is 25.1 Å². The Labute approximate surface area is 124 Å². The molecule has 0 saturated heterocycles. The van der Waals surface area contributed by atoms with Crippen LogP contribution >= 0.6 is 23.2 Å². The fraction of sp³-hybridized carbons (Fsp3) is 0.500. The van der Waals surface area contributed by atoms with E-state index < -0.39 is 5.54 Å². The van der Waals surface area contributed by atoms with Crippen molar-refractivity contribution in [2.24, 2.45) is 5.92 Å². The van der Waals surface area contributed by atoms with Gasteiger partial charge in [0.05, 0.1) is 17.2 Å². The van der Waals surface area contributed by atoms with E-state index in [0.29, 0.717) is 22.5 Å². The first kappa shape index (κ1) is 16.3. The molecule has 0 fully saturated rings. The number of hydrogen-bond acceptors (Lipinski definition) is 3. The zero-order chi connectivity index (χ0) is 14.6. The van der Waals surface area contributed by atoms with Gasteiger partial charge in [0.2, 0.25) is 0 Å². The predicted molar refractivity (Wildman–Crippen MR) is 78.7 cm³/mol. The van der Waals surface area contributed by atoms with E-state index in [4.69, 9.17) is 27.9 Å². The summed E-state index contributed by atoms with van der Waals surface area (Å²) in [4.78, 5) is 12.1. The third-order valence-electron chi connectivity index (χ3n) is 2.95. The van der Waals surface area contributed by atoms with Crippen molar-refractivity contribution in [1.82, 2.24) is 5.32 Å². The zero-order valence-electron chi connectivity index (χ0n) is 11.6. The molecule has 1 aromatic rings. The van der Waals surface area contributed by atoms with E-state index in [2.05, 4.69) is 19.2 Å². The number of rotatable bonds is 5. The second-order valence-electron chi connectivity index (χ2n) is 5.02. The summed E-state index contributed by atoms with van der Waals surface area (Å²) in [6.45, 7) is 6.60. The van der Waals surface area contributed by atoms with Gasteiger partial charge in [0.15, 0.2) is 0 Å². The molecule has 0 bridgehead atoms. The topological polar surface area (TPSA) is 38.3 Å². The van der Waals surface area contributed by atoms with E-state index in [1.807, 2.05) is 0 Å². The summed E-state index contributed by atoms with van der Waals surface area (Å²) in [5.41, 5.74) is -0.206. The first-order valence-electron chi connectivity index (χ1n) is 6.10. The predicted octanol–water partition coefficient (Wildman–Crippen LogP) is 3.63. The molecule has 1 atom stereocenters. The summed E-state index contributed by atoms with van der Waals surface area (Å²) in [5, 5.41) is 4.11. The monoisotopic (exact) mass is 303 g/mol. The summed E-state index contributed by atoms with van der Waals surface area (Å²) >= 11 is 11.9. The number of ether oxygens (including phenoxy) is 1. The fourth-order valence-corrected chi connectivity index (χ4v) is 2.01. The number of halogens is 2. The molecule has 0 amide bonds. The van der Waals surface area contributed by atoms with Gasteiger partial charge in [-0.3, -0.25) is 5.32 Å². The Kier molecular flexibility index (Phi) is 5.65. The Balaban J connectivity index is 3.14. The minimum absolute atomic E-state index is 0.355. The molecule has 0 spiro atoms. The van der Waals surface area contributed by atoms with E-state index in [1.165, 1.54) is 7.11 Å². The van der Waals surface area contributed by atoms with Gasteiger partial charge in [-0.05, 0) is 37.1 Å². The van der Waals surface area contributed by atoms with Crippen molar-refractivity contribution in [3.8, 4) is 0 Å². The van der Waals surface area contributed by atoms with Crippen molar-refractivity contribution in [2.75, 3.05) is 13.7 Å². The highest BCUT2D eigenvalue weighted by Crippen LogP contribution is 2.29. The molecule has 19 heavy (non-hydrogen) atoms. The molecule has 0 aliphatic rings. The molecule has 3 nitrogen and oxygen atoms in total. The smallest absolute Gasteiger partial charge is 0.330 e. The van der Waals surface area contributed by atoms with E-state index >= 15 is 0 Å². The molecule has 1 aromatic carbocycles. The number of nitrogens with one attached hydrogen (secondary N) is 1. The molecule has 1 N–H and O–H groups in total. The van der Waals surface area contributed by atoms with Crippen molar-refractivity contribution in [3.63, 3.8) is 0 Å². The van der Waals surface area contributed by atoms with Gasteiger partial charge in [0.1, 0.15) is 5.54 Å². The molecule has 1 unspecified atom stereocenters.